The van der Waals surface area contributed by atoms with Crippen LogP contribution in [-0.2, 0) is 16.1 Å². The summed E-state index contributed by atoms with van der Waals surface area (Å²) in [6.07, 6.45) is 0. The highest BCUT2D eigenvalue weighted by atomic mass is 79.9. The van der Waals surface area contributed by atoms with Gasteiger partial charge in [0.25, 0.3) is 0 Å². The lowest BCUT2D eigenvalue weighted by atomic mass is 10.0. The first-order valence-electron chi connectivity index (χ1n) is 3.67. The van der Waals surface area contributed by atoms with Crippen LogP contribution in [0.15, 0.2) is 24.3 Å². The van der Waals surface area contributed by atoms with Crippen molar-refractivity contribution in [2.45, 2.75) is 11.4 Å². The number of hydrogen-bond acceptors (Lipinski definition) is 2. The quantitative estimate of drug-likeness (QED) is 0.501. The third kappa shape index (κ3) is 1.14. The molecule has 0 spiro atoms. The molecule has 1 heterocycles. The number of carbonyl (C=O) groups is 1. The van der Waals surface area contributed by atoms with Gasteiger partial charge in [-0.3, -0.25) is 4.79 Å². The van der Waals surface area contributed by atoms with Gasteiger partial charge in [-0.25, -0.2) is 0 Å². The zero-order chi connectivity index (χ0) is 8.55. The van der Waals surface area contributed by atoms with Gasteiger partial charge in [0.1, 0.15) is 11.4 Å². The molecule has 0 N–H and O–H groups in total. The Balaban J connectivity index is 2.48. The average Bonchev–Trinajstić information content (AvgIpc) is 2.12. The number of cyclic esters (lactones) is 1. The van der Waals surface area contributed by atoms with E-state index in [9.17, 15) is 4.79 Å². The molecule has 1 atom stereocenters. The third-order valence-electron chi connectivity index (χ3n) is 1.91. The Kier molecular flexibility index (Phi) is 1.89. The van der Waals surface area contributed by atoms with E-state index in [0.29, 0.717) is 6.61 Å². The fourth-order valence-electron chi connectivity index (χ4n) is 1.26. The van der Waals surface area contributed by atoms with Crippen LogP contribution in [0.3, 0.4) is 0 Å². The lowest BCUT2D eigenvalue weighted by Crippen LogP contribution is -2.18. The zero-order valence-corrected chi connectivity index (χ0v) is 7.87. The molecule has 12 heavy (non-hydrogen) atoms. The fraction of sp³-hybridized carbons (Fsp3) is 0.222. The molecule has 0 bridgehead atoms. The number of benzene rings is 1. The van der Waals surface area contributed by atoms with Gasteiger partial charge in [0.15, 0.2) is 0 Å². The first-order chi connectivity index (χ1) is 5.79. The van der Waals surface area contributed by atoms with Crippen LogP contribution in [0.25, 0.3) is 0 Å². The standard InChI is InChI=1S/C9H7BrO2/c10-8-7-4-2-1-3-6(7)5-12-9(8)11/h1-4,8H,5H2. The molecule has 1 aliphatic rings. The van der Waals surface area contributed by atoms with Crippen LogP contribution in [0, 0.1) is 0 Å². The predicted molar refractivity (Wildman–Crippen MR) is 47.9 cm³/mol. The Morgan fingerprint density at radius 3 is 3.00 bits per heavy atom. The molecule has 2 rings (SSSR count). The predicted octanol–water partition coefficient (Wildman–Crippen LogP) is 2.18. The summed E-state index contributed by atoms with van der Waals surface area (Å²) in [7, 11) is 0. The van der Waals surface area contributed by atoms with Gasteiger partial charge in [0.2, 0.25) is 0 Å². The Morgan fingerprint density at radius 1 is 1.42 bits per heavy atom. The van der Waals surface area contributed by atoms with Crippen molar-refractivity contribution in [3.8, 4) is 0 Å². The maximum atomic E-state index is 11.1. The van der Waals surface area contributed by atoms with Gasteiger partial charge in [-0.05, 0) is 11.1 Å². The molecule has 1 unspecified atom stereocenters. The van der Waals surface area contributed by atoms with Crippen molar-refractivity contribution in [3.63, 3.8) is 0 Å². The summed E-state index contributed by atoms with van der Waals surface area (Å²) in [5.41, 5.74) is 2.10. The molecule has 3 heteroatoms. The second-order valence-electron chi connectivity index (χ2n) is 2.67. The SMILES string of the molecule is O=C1OCc2ccccc2C1Br. The Hall–Kier alpha value is -0.830. The van der Waals surface area contributed by atoms with Gasteiger partial charge < -0.3 is 4.74 Å². The first kappa shape index (κ1) is 7.80. The van der Waals surface area contributed by atoms with Crippen molar-refractivity contribution < 1.29 is 9.53 Å². The van der Waals surface area contributed by atoms with E-state index in [-0.39, 0.29) is 10.8 Å². The minimum absolute atomic E-state index is 0.200. The highest BCUT2D eigenvalue weighted by Gasteiger charge is 2.25. The number of halogens is 1. The highest BCUT2D eigenvalue weighted by molar-refractivity contribution is 9.09. The van der Waals surface area contributed by atoms with Crippen molar-refractivity contribution in [3.05, 3.63) is 35.4 Å². The molecule has 0 aliphatic carbocycles. The summed E-state index contributed by atoms with van der Waals surface area (Å²) in [5.74, 6) is -0.200. The molecule has 0 aromatic heterocycles. The van der Waals surface area contributed by atoms with Crippen molar-refractivity contribution in [1.82, 2.24) is 0 Å². The third-order valence-corrected chi connectivity index (χ3v) is 2.77. The number of hydrogen-bond donors (Lipinski definition) is 0. The van der Waals surface area contributed by atoms with E-state index in [2.05, 4.69) is 15.9 Å². The van der Waals surface area contributed by atoms with Crippen molar-refractivity contribution in [2.75, 3.05) is 0 Å². The van der Waals surface area contributed by atoms with Gasteiger partial charge in [0, 0.05) is 0 Å². The topological polar surface area (TPSA) is 26.3 Å². The van der Waals surface area contributed by atoms with E-state index < -0.39 is 0 Å². The van der Waals surface area contributed by atoms with Crippen LogP contribution >= 0.6 is 15.9 Å². The number of ether oxygens (including phenoxy) is 1. The summed E-state index contributed by atoms with van der Waals surface area (Å²) >= 11 is 3.28. The van der Waals surface area contributed by atoms with Crippen LogP contribution in [0.2, 0.25) is 0 Å². The van der Waals surface area contributed by atoms with Crippen molar-refractivity contribution >= 4 is 21.9 Å². The molecule has 0 saturated heterocycles. The molecule has 0 fully saturated rings. The molecular formula is C9H7BrO2. The smallest absolute Gasteiger partial charge is 0.324 e. The number of carbonyl (C=O) groups excluding carboxylic acids is 1. The average molecular weight is 227 g/mol. The van der Waals surface area contributed by atoms with E-state index in [0.717, 1.165) is 11.1 Å². The van der Waals surface area contributed by atoms with Crippen LogP contribution in [0.4, 0.5) is 0 Å². The molecule has 0 radical (unpaired) electrons. The summed E-state index contributed by atoms with van der Waals surface area (Å²) in [6.45, 7) is 0.400. The van der Waals surface area contributed by atoms with Gasteiger partial charge in [-0.15, -0.1) is 0 Å². The normalized spacial score (nSPS) is 21.4. The van der Waals surface area contributed by atoms with E-state index in [1.807, 2.05) is 24.3 Å². The summed E-state index contributed by atoms with van der Waals surface area (Å²) in [6, 6.07) is 7.77. The molecule has 2 nitrogen and oxygen atoms in total. The Bertz CT molecular complexity index is 322. The molecule has 0 amide bonds. The number of rotatable bonds is 0. The van der Waals surface area contributed by atoms with Crippen molar-refractivity contribution in [1.29, 1.82) is 0 Å². The number of fused-ring (bicyclic) bond motifs is 1. The maximum Gasteiger partial charge on any atom is 0.324 e. The lowest BCUT2D eigenvalue weighted by Gasteiger charge is -2.19. The Labute approximate surface area is 78.7 Å². The first-order valence-corrected chi connectivity index (χ1v) is 4.59. The second kappa shape index (κ2) is 2.90. The van der Waals surface area contributed by atoms with Gasteiger partial charge in [-0.2, -0.15) is 0 Å². The van der Waals surface area contributed by atoms with E-state index >= 15 is 0 Å². The van der Waals surface area contributed by atoms with E-state index in [1.54, 1.807) is 0 Å². The minimum atomic E-state index is -0.289. The van der Waals surface area contributed by atoms with Crippen LogP contribution in [-0.4, -0.2) is 5.97 Å². The molecule has 1 aliphatic heterocycles. The minimum Gasteiger partial charge on any atom is -0.460 e. The largest absolute Gasteiger partial charge is 0.460 e. The van der Waals surface area contributed by atoms with Gasteiger partial charge in [-0.1, -0.05) is 40.2 Å². The Morgan fingerprint density at radius 2 is 2.17 bits per heavy atom. The highest BCUT2D eigenvalue weighted by Crippen LogP contribution is 2.31. The summed E-state index contributed by atoms with van der Waals surface area (Å²) in [5, 5.41) is 0. The van der Waals surface area contributed by atoms with Gasteiger partial charge >= 0.3 is 5.97 Å². The number of esters is 1. The molecule has 62 valence electrons. The molecular weight excluding hydrogens is 220 g/mol. The maximum absolute atomic E-state index is 11.1. The monoisotopic (exact) mass is 226 g/mol. The van der Waals surface area contributed by atoms with Gasteiger partial charge in [0.05, 0.1) is 0 Å². The molecule has 1 aromatic rings. The fourth-order valence-corrected chi connectivity index (χ4v) is 1.84. The van der Waals surface area contributed by atoms with Crippen LogP contribution < -0.4 is 0 Å². The summed E-state index contributed by atoms with van der Waals surface area (Å²) in [4.78, 5) is 10.8. The van der Waals surface area contributed by atoms with E-state index in [4.69, 9.17) is 4.74 Å². The lowest BCUT2D eigenvalue weighted by molar-refractivity contribution is -0.145. The second-order valence-corrected chi connectivity index (χ2v) is 3.58. The summed E-state index contributed by atoms with van der Waals surface area (Å²) < 4.78 is 4.93. The molecule has 1 aromatic carbocycles. The molecule has 0 saturated carbocycles. The van der Waals surface area contributed by atoms with Crippen LogP contribution in [0.5, 0.6) is 0 Å². The van der Waals surface area contributed by atoms with Crippen molar-refractivity contribution in [2.24, 2.45) is 0 Å². The zero-order valence-electron chi connectivity index (χ0n) is 6.29. The number of alkyl halides is 1. The van der Waals surface area contributed by atoms with E-state index in [1.165, 1.54) is 0 Å². The van der Waals surface area contributed by atoms with Crippen LogP contribution in [0.1, 0.15) is 16.0 Å².